The van der Waals surface area contributed by atoms with E-state index >= 15 is 0 Å². The number of ketones is 1. The van der Waals surface area contributed by atoms with Gasteiger partial charge >= 0.3 is 0 Å². The number of benzene rings is 1. The van der Waals surface area contributed by atoms with Gasteiger partial charge in [0.1, 0.15) is 11.9 Å². The Balaban J connectivity index is 1.62. The second kappa shape index (κ2) is 8.00. The Hall–Kier alpha value is -2.54. The molecule has 144 valence electrons. The molecule has 0 radical (unpaired) electrons. The van der Waals surface area contributed by atoms with Crippen LogP contribution in [0, 0.1) is 19.7 Å². The summed E-state index contributed by atoms with van der Waals surface area (Å²) in [5.74, 6) is -0.294. The van der Waals surface area contributed by atoms with Gasteiger partial charge in [0.15, 0.2) is 5.78 Å². The summed E-state index contributed by atoms with van der Waals surface area (Å²) >= 11 is 0. The van der Waals surface area contributed by atoms with Crippen LogP contribution in [0.2, 0.25) is 0 Å². The number of amides is 1. The van der Waals surface area contributed by atoms with E-state index in [-0.39, 0.29) is 23.6 Å². The topological polar surface area (TPSA) is 64.4 Å². The molecule has 0 saturated carbocycles. The van der Waals surface area contributed by atoms with Crippen LogP contribution in [0.4, 0.5) is 4.39 Å². The molecule has 3 rings (SSSR count). The van der Waals surface area contributed by atoms with Crippen molar-refractivity contribution in [3.63, 3.8) is 0 Å². The molecule has 1 aromatic heterocycles. The number of aryl methyl sites for hydroxylation is 2. The molecule has 7 heteroatoms. The van der Waals surface area contributed by atoms with Gasteiger partial charge in [-0.1, -0.05) is 12.1 Å². The molecule has 0 bridgehead atoms. The van der Waals surface area contributed by atoms with E-state index in [4.69, 9.17) is 4.74 Å². The molecule has 1 fully saturated rings. The highest BCUT2D eigenvalue weighted by atomic mass is 19.1. The second-order valence-corrected chi connectivity index (χ2v) is 6.83. The van der Waals surface area contributed by atoms with Crippen LogP contribution in [0.3, 0.4) is 0 Å². The Morgan fingerprint density at radius 2 is 1.96 bits per heavy atom. The van der Waals surface area contributed by atoms with Gasteiger partial charge in [-0.15, -0.1) is 0 Å². The molecule has 1 atom stereocenters. The number of hydrogen-bond donors (Lipinski definition) is 0. The number of morpholine rings is 1. The molecule has 0 aliphatic carbocycles. The molecule has 1 aromatic carbocycles. The second-order valence-electron chi connectivity index (χ2n) is 6.83. The first kappa shape index (κ1) is 19.2. The maximum Gasteiger partial charge on any atom is 0.224 e. The first-order valence-electron chi connectivity index (χ1n) is 9.06. The molecule has 2 aromatic rings. The van der Waals surface area contributed by atoms with E-state index in [1.54, 1.807) is 28.6 Å². The summed E-state index contributed by atoms with van der Waals surface area (Å²) in [6.07, 6.45) is 0.0522. The van der Waals surface area contributed by atoms with Crippen LogP contribution in [0.1, 0.15) is 46.8 Å². The minimum absolute atomic E-state index is 0.0158. The van der Waals surface area contributed by atoms with Crippen molar-refractivity contribution < 1.29 is 18.7 Å². The highest BCUT2D eigenvalue weighted by molar-refractivity contribution is 5.96. The van der Waals surface area contributed by atoms with Crippen molar-refractivity contribution in [3.05, 3.63) is 52.6 Å². The monoisotopic (exact) mass is 373 g/mol. The lowest BCUT2D eigenvalue weighted by atomic mass is 10.1. The van der Waals surface area contributed by atoms with Crippen molar-refractivity contribution in [1.29, 1.82) is 0 Å². The summed E-state index contributed by atoms with van der Waals surface area (Å²) in [6.45, 7) is 7.03. The van der Waals surface area contributed by atoms with Crippen LogP contribution in [-0.4, -0.2) is 46.1 Å². The third-order valence-electron chi connectivity index (χ3n) is 4.93. The van der Waals surface area contributed by atoms with Crippen LogP contribution in [0.25, 0.3) is 0 Å². The first-order valence-corrected chi connectivity index (χ1v) is 9.06. The van der Waals surface area contributed by atoms with Gasteiger partial charge < -0.3 is 9.64 Å². The van der Waals surface area contributed by atoms with Gasteiger partial charge in [0.25, 0.3) is 0 Å². The Morgan fingerprint density at radius 1 is 1.26 bits per heavy atom. The SMILES string of the molecule is CC(=O)c1c(C)nn(CCC(=O)N2CCOC(c3ccc(F)cc3)C2)c1C. The third-order valence-corrected chi connectivity index (χ3v) is 4.93. The number of halogens is 1. The van der Waals surface area contributed by atoms with Gasteiger partial charge in [0.05, 0.1) is 24.4 Å². The maximum absolute atomic E-state index is 13.1. The van der Waals surface area contributed by atoms with Crippen LogP contribution in [0.5, 0.6) is 0 Å². The highest BCUT2D eigenvalue weighted by Crippen LogP contribution is 2.23. The van der Waals surface area contributed by atoms with Gasteiger partial charge in [-0.2, -0.15) is 5.10 Å². The Labute approximate surface area is 157 Å². The molecule has 27 heavy (non-hydrogen) atoms. The molecule has 1 saturated heterocycles. The van der Waals surface area contributed by atoms with Gasteiger partial charge in [-0.3, -0.25) is 14.3 Å². The maximum atomic E-state index is 13.1. The Kier molecular flexibility index (Phi) is 5.70. The minimum atomic E-state index is -0.294. The van der Waals surface area contributed by atoms with E-state index in [9.17, 15) is 14.0 Å². The average molecular weight is 373 g/mol. The number of Topliss-reactive ketones (excluding diaryl/α,β-unsaturated/α-hetero) is 1. The van der Waals surface area contributed by atoms with E-state index in [0.717, 1.165) is 11.3 Å². The normalized spacial score (nSPS) is 17.2. The number of carbonyl (C=O) groups is 2. The lowest BCUT2D eigenvalue weighted by Crippen LogP contribution is -2.42. The van der Waals surface area contributed by atoms with Gasteiger partial charge in [-0.25, -0.2) is 4.39 Å². The van der Waals surface area contributed by atoms with Crippen molar-refractivity contribution in [2.45, 2.75) is 39.8 Å². The summed E-state index contributed by atoms with van der Waals surface area (Å²) in [5.41, 5.74) is 2.97. The Morgan fingerprint density at radius 3 is 2.59 bits per heavy atom. The molecule has 6 nitrogen and oxygen atoms in total. The van der Waals surface area contributed by atoms with Crippen molar-refractivity contribution in [1.82, 2.24) is 14.7 Å². The molecule has 0 N–H and O–H groups in total. The summed E-state index contributed by atoms with van der Waals surface area (Å²) in [5, 5.41) is 4.38. The summed E-state index contributed by atoms with van der Waals surface area (Å²) in [4.78, 5) is 26.1. The standard InChI is InChI=1S/C20H24FN3O3/c1-13-20(15(3)25)14(2)24(22-13)9-8-19(26)23-10-11-27-18(12-23)16-4-6-17(21)7-5-16/h4-7,18H,8-12H2,1-3H3. The fourth-order valence-corrected chi connectivity index (χ4v) is 3.54. The predicted molar refractivity (Wildman–Crippen MR) is 98.0 cm³/mol. The van der Waals surface area contributed by atoms with Gasteiger partial charge in [-0.05, 0) is 38.5 Å². The lowest BCUT2D eigenvalue weighted by Gasteiger charge is -2.33. The summed E-state index contributed by atoms with van der Waals surface area (Å²) < 4.78 is 20.6. The third kappa shape index (κ3) is 4.24. The van der Waals surface area contributed by atoms with Crippen LogP contribution < -0.4 is 0 Å². The first-order chi connectivity index (χ1) is 12.9. The zero-order chi connectivity index (χ0) is 19.6. The smallest absolute Gasteiger partial charge is 0.224 e. The quantitative estimate of drug-likeness (QED) is 0.756. The fraction of sp³-hybridized carbons (Fsp3) is 0.450. The molecule has 0 spiro atoms. The zero-order valence-electron chi connectivity index (χ0n) is 15.9. The highest BCUT2D eigenvalue weighted by Gasteiger charge is 2.25. The molecule has 1 aliphatic heterocycles. The summed E-state index contributed by atoms with van der Waals surface area (Å²) in [7, 11) is 0. The largest absolute Gasteiger partial charge is 0.370 e. The van der Waals surface area contributed by atoms with Gasteiger partial charge in [0.2, 0.25) is 5.91 Å². The molecular formula is C20H24FN3O3. The van der Waals surface area contributed by atoms with Crippen LogP contribution in [0.15, 0.2) is 24.3 Å². The van der Waals surface area contributed by atoms with Crippen LogP contribution in [-0.2, 0) is 16.1 Å². The van der Waals surface area contributed by atoms with E-state index in [2.05, 4.69) is 5.10 Å². The number of carbonyl (C=O) groups excluding carboxylic acids is 2. The summed E-state index contributed by atoms with van der Waals surface area (Å²) in [6, 6.07) is 6.17. The molecular weight excluding hydrogens is 349 g/mol. The number of rotatable bonds is 5. The van der Waals surface area contributed by atoms with Crippen molar-refractivity contribution in [3.8, 4) is 0 Å². The number of hydrogen-bond acceptors (Lipinski definition) is 4. The molecule has 1 amide bonds. The lowest BCUT2D eigenvalue weighted by molar-refractivity contribution is -0.139. The zero-order valence-corrected chi connectivity index (χ0v) is 15.9. The van der Waals surface area contributed by atoms with E-state index in [1.165, 1.54) is 19.1 Å². The number of aromatic nitrogens is 2. The van der Waals surface area contributed by atoms with E-state index in [1.807, 2.05) is 6.92 Å². The van der Waals surface area contributed by atoms with Gasteiger partial charge in [0, 0.05) is 25.2 Å². The molecule has 1 aliphatic rings. The molecule has 2 heterocycles. The molecule has 1 unspecified atom stereocenters. The predicted octanol–water partition coefficient (Wildman–Crippen LogP) is 2.83. The number of ether oxygens (including phenoxy) is 1. The van der Waals surface area contributed by atoms with Crippen molar-refractivity contribution >= 4 is 11.7 Å². The minimum Gasteiger partial charge on any atom is -0.370 e. The van der Waals surface area contributed by atoms with Crippen LogP contribution >= 0.6 is 0 Å². The Bertz CT molecular complexity index is 845. The van der Waals surface area contributed by atoms with E-state index in [0.29, 0.717) is 43.9 Å². The number of nitrogens with zero attached hydrogens (tertiary/aromatic N) is 3. The van der Waals surface area contributed by atoms with E-state index < -0.39 is 0 Å². The van der Waals surface area contributed by atoms with Crippen molar-refractivity contribution in [2.24, 2.45) is 0 Å². The average Bonchev–Trinajstić information content (AvgIpc) is 2.94. The fourth-order valence-electron chi connectivity index (χ4n) is 3.54. The van der Waals surface area contributed by atoms with Crippen molar-refractivity contribution in [2.75, 3.05) is 19.7 Å².